The van der Waals surface area contributed by atoms with Crippen LogP contribution in [0, 0.1) is 23.2 Å². The molecule has 218 valence electrons. The zero-order valence-electron chi connectivity index (χ0n) is 25.3. The van der Waals surface area contributed by atoms with E-state index in [9.17, 15) is 4.79 Å². The summed E-state index contributed by atoms with van der Waals surface area (Å²) in [5, 5.41) is 18.2. The lowest BCUT2D eigenvalue weighted by Crippen LogP contribution is -2.32. The number of carbonyl (C=O) groups is 1. The summed E-state index contributed by atoms with van der Waals surface area (Å²) in [5.74, 6) is 0.662. The van der Waals surface area contributed by atoms with Gasteiger partial charge in [0.15, 0.2) is 0 Å². The van der Waals surface area contributed by atoms with Crippen LogP contribution in [0.15, 0.2) is 78.4 Å². The molecule has 2 aromatic heterocycles. The predicted molar refractivity (Wildman–Crippen MR) is 180 cm³/mol. The number of para-hydroxylation sites is 1. The number of fused-ring (bicyclic) bond motifs is 3. The number of carboxylic acid groups (broad SMARTS) is 1. The Bertz CT molecular complexity index is 1580. The van der Waals surface area contributed by atoms with E-state index in [0.29, 0.717) is 23.8 Å². The first-order chi connectivity index (χ1) is 20.5. The number of benzene rings is 2. The fourth-order valence-electron chi connectivity index (χ4n) is 6.39. The first-order valence-electron chi connectivity index (χ1n) is 15.0. The van der Waals surface area contributed by atoms with Crippen molar-refractivity contribution in [1.82, 2.24) is 0 Å². The molecule has 0 bridgehead atoms. The number of thiophene rings is 2. The van der Waals surface area contributed by atoms with Crippen LogP contribution in [0.2, 0.25) is 0 Å². The maximum absolute atomic E-state index is 11.2. The maximum Gasteiger partial charge on any atom is 0.346 e. The van der Waals surface area contributed by atoms with Crippen molar-refractivity contribution in [2.75, 3.05) is 4.90 Å². The molecule has 0 radical (unpaired) electrons. The molecule has 1 saturated carbocycles. The number of hydrogen-bond acceptors (Lipinski definition) is 5. The second-order valence-electron chi connectivity index (χ2n) is 10.2. The quantitative estimate of drug-likeness (QED) is 0.178. The topological polar surface area (TPSA) is 64.3 Å². The van der Waals surface area contributed by atoms with Crippen molar-refractivity contribution in [3.63, 3.8) is 0 Å². The van der Waals surface area contributed by atoms with Crippen LogP contribution in [0.25, 0.3) is 26.3 Å². The Kier molecular flexibility index (Phi) is 10.4. The Labute approximate surface area is 258 Å². The van der Waals surface area contributed by atoms with E-state index in [1.807, 2.05) is 39.8 Å². The van der Waals surface area contributed by atoms with Crippen LogP contribution < -0.4 is 4.90 Å². The van der Waals surface area contributed by atoms with Crippen LogP contribution in [0.4, 0.5) is 11.4 Å². The van der Waals surface area contributed by atoms with Gasteiger partial charge in [0.05, 0.1) is 0 Å². The lowest BCUT2D eigenvalue weighted by molar-refractivity contribution is -0.132. The van der Waals surface area contributed by atoms with E-state index in [0.717, 1.165) is 14.6 Å². The van der Waals surface area contributed by atoms with Crippen LogP contribution >= 0.6 is 22.7 Å². The SMILES string of the molecule is CC.CC.CCC1CC(C)C2c3cc(-c4ccc(-c5ccc(/C=C(\C#N)C(=O)O)s5)s4)ccc3N(c3ccccc3)C12. The van der Waals surface area contributed by atoms with Crippen molar-refractivity contribution >= 4 is 46.1 Å². The highest BCUT2D eigenvalue weighted by Gasteiger charge is 2.50. The molecule has 0 spiro atoms. The number of carboxylic acids is 1. The highest BCUT2D eigenvalue weighted by atomic mass is 32.1. The summed E-state index contributed by atoms with van der Waals surface area (Å²) in [6.07, 6.45) is 3.91. The summed E-state index contributed by atoms with van der Waals surface area (Å²) in [4.78, 5) is 18.0. The first-order valence-corrected chi connectivity index (χ1v) is 16.7. The number of aliphatic carboxylic acids is 1. The Hall–Kier alpha value is -3.66. The van der Waals surface area contributed by atoms with E-state index in [1.54, 1.807) is 17.4 Å². The van der Waals surface area contributed by atoms with Gasteiger partial charge in [-0.05, 0) is 84.0 Å². The molecule has 0 amide bonds. The van der Waals surface area contributed by atoms with Crippen LogP contribution in [0.1, 0.15) is 70.7 Å². The summed E-state index contributed by atoms with van der Waals surface area (Å²) in [6.45, 7) is 12.8. The minimum Gasteiger partial charge on any atom is -0.477 e. The number of nitrogens with zero attached hydrogens (tertiary/aromatic N) is 2. The van der Waals surface area contributed by atoms with Gasteiger partial charge in [0.2, 0.25) is 0 Å². The standard InChI is InChI=1S/C32H28N2O2S2.2C2H6/c1-3-20-15-19(2)30-25-17-21(9-11-26(25)34(31(20)30)23-7-5-4-6-8-23)27-13-14-29(38-27)28-12-10-24(37-28)16-22(18-33)32(35)36;2*1-2/h4-14,16-17,19-20,30-31H,3,15H2,1-2H3,(H,35,36);2*1-2H3/b22-16+;;. The van der Waals surface area contributed by atoms with Crippen LogP contribution in [0.5, 0.6) is 0 Å². The van der Waals surface area contributed by atoms with Gasteiger partial charge in [-0.25, -0.2) is 4.79 Å². The van der Waals surface area contributed by atoms with Crippen LogP contribution in [0.3, 0.4) is 0 Å². The first kappa shape index (κ1) is 31.3. The summed E-state index contributed by atoms with van der Waals surface area (Å²) >= 11 is 3.25. The van der Waals surface area contributed by atoms with Crippen molar-refractivity contribution < 1.29 is 9.90 Å². The van der Waals surface area contributed by atoms with Gasteiger partial charge in [-0.2, -0.15) is 5.26 Å². The molecule has 4 unspecified atom stereocenters. The molecule has 42 heavy (non-hydrogen) atoms. The van der Waals surface area contributed by atoms with E-state index in [-0.39, 0.29) is 5.57 Å². The molecule has 6 heteroatoms. The van der Waals surface area contributed by atoms with Gasteiger partial charge in [0, 0.05) is 42.8 Å². The molecule has 4 atom stereocenters. The third-order valence-electron chi connectivity index (χ3n) is 8.04. The van der Waals surface area contributed by atoms with Gasteiger partial charge in [-0.15, -0.1) is 22.7 Å². The number of hydrogen-bond donors (Lipinski definition) is 1. The molecular formula is C36H40N2O2S2. The predicted octanol–water partition coefficient (Wildman–Crippen LogP) is 10.9. The lowest BCUT2D eigenvalue weighted by atomic mass is 9.88. The third-order valence-corrected chi connectivity index (χ3v) is 10.4. The average molecular weight is 597 g/mol. The van der Waals surface area contributed by atoms with Gasteiger partial charge < -0.3 is 10.0 Å². The smallest absolute Gasteiger partial charge is 0.346 e. The highest BCUT2D eigenvalue weighted by molar-refractivity contribution is 7.24. The van der Waals surface area contributed by atoms with E-state index >= 15 is 0 Å². The van der Waals surface area contributed by atoms with Crippen molar-refractivity contribution in [2.24, 2.45) is 11.8 Å². The second kappa shape index (κ2) is 14.0. The van der Waals surface area contributed by atoms with E-state index in [1.165, 1.54) is 57.6 Å². The number of nitriles is 1. The van der Waals surface area contributed by atoms with E-state index in [4.69, 9.17) is 10.4 Å². The van der Waals surface area contributed by atoms with Gasteiger partial charge in [-0.1, -0.05) is 72.2 Å². The van der Waals surface area contributed by atoms with Crippen molar-refractivity contribution in [1.29, 1.82) is 5.26 Å². The molecular weight excluding hydrogens is 557 g/mol. The summed E-state index contributed by atoms with van der Waals surface area (Å²) < 4.78 is 0. The molecule has 1 aliphatic heterocycles. The zero-order chi connectivity index (χ0) is 30.4. The van der Waals surface area contributed by atoms with E-state index in [2.05, 4.69) is 79.4 Å². The Balaban J connectivity index is 0.000000972. The van der Waals surface area contributed by atoms with Gasteiger partial charge >= 0.3 is 5.97 Å². The molecule has 0 saturated heterocycles. The molecule has 1 fully saturated rings. The molecule has 3 heterocycles. The molecule has 4 aromatic rings. The Morgan fingerprint density at radius 3 is 2.31 bits per heavy atom. The van der Waals surface area contributed by atoms with Gasteiger partial charge in [0.1, 0.15) is 11.6 Å². The van der Waals surface area contributed by atoms with Gasteiger partial charge in [0.25, 0.3) is 0 Å². The Morgan fingerprint density at radius 1 is 0.976 bits per heavy atom. The van der Waals surface area contributed by atoms with Gasteiger partial charge in [-0.3, -0.25) is 0 Å². The summed E-state index contributed by atoms with van der Waals surface area (Å²) in [5.41, 5.74) is 5.09. The molecule has 2 aliphatic rings. The third kappa shape index (κ3) is 5.95. The normalized spacial score (nSPS) is 20.4. The van der Waals surface area contributed by atoms with Crippen molar-refractivity contribution in [2.45, 2.75) is 66.3 Å². The fraction of sp³-hybridized carbons (Fsp3) is 0.333. The maximum atomic E-state index is 11.2. The number of anilines is 2. The molecule has 4 nitrogen and oxygen atoms in total. The Morgan fingerprint density at radius 2 is 1.64 bits per heavy atom. The molecule has 1 aliphatic carbocycles. The minimum atomic E-state index is -1.20. The number of rotatable bonds is 6. The monoisotopic (exact) mass is 596 g/mol. The molecule has 2 aromatic carbocycles. The fourth-order valence-corrected chi connectivity index (χ4v) is 8.43. The lowest BCUT2D eigenvalue weighted by Gasteiger charge is -2.31. The summed E-state index contributed by atoms with van der Waals surface area (Å²) in [6, 6.07) is 28.3. The molecule has 1 N–H and O–H groups in total. The average Bonchev–Trinajstić information content (AvgIpc) is 3.82. The highest BCUT2D eigenvalue weighted by Crippen LogP contribution is 2.58. The molecule has 6 rings (SSSR count). The van der Waals surface area contributed by atoms with Crippen LogP contribution in [-0.4, -0.2) is 17.1 Å². The van der Waals surface area contributed by atoms with Crippen molar-refractivity contribution in [3.05, 3.63) is 88.8 Å². The largest absolute Gasteiger partial charge is 0.477 e. The second-order valence-corrected chi connectivity index (χ2v) is 12.4. The minimum absolute atomic E-state index is 0.252. The van der Waals surface area contributed by atoms with E-state index < -0.39 is 5.97 Å². The van der Waals surface area contributed by atoms with Crippen molar-refractivity contribution in [3.8, 4) is 26.3 Å². The van der Waals surface area contributed by atoms with Crippen LogP contribution in [-0.2, 0) is 4.79 Å². The zero-order valence-corrected chi connectivity index (χ0v) is 26.9. The summed E-state index contributed by atoms with van der Waals surface area (Å²) in [7, 11) is 0.